The molecule has 2 aromatic rings. The highest BCUT2D eigenvalue weighted by atomic mass is 19.1. The average molecular weight is 413 g/mol. The molecule has 0 unspecified atom stereocenters. The average Bonchev–Trinajstić information content (AvgIpc) is 2.99. The number of benzene rings is 2. The number of nitrogens with zero attached hydrogens (tertiary/aromatic N) is 2. The van der Waals surface area contributed by atoms with E-state index in [1.165, 1.54) is 17.0 Å². The van der Waals surface area contributed by atoms with Gasteiger partial charge in [0.05, 0.1) is 33.3 Å². The van der Waals surface area contributed by atoms with E-state index in [4.69, 9.17) is 4.74 Å². The van der Waals surface area contributed by atoms with Crippen LogP contribution in [0.25, 0.3) is 0 Å². The van der Waals surface area contributed by atoms with Gasteiger partial charge in [0.15, 0.2) is 6.67 Å². The topological polar surface area (TPSA) is 66.3 Å². The second kappa shape index (κ2) is 7.95. The monoisotopic (exact) mass is 413 g/mol. The summed E-state index contributed by atoms with van der Waals surface area (Å²) < 4.78 is 18.4. The van der Waals surface area contributed by atoms with Crippen molar-refractivity contribution in [1.29, 1.82) is 0 Å². The fraction of sp³-hybridized carbons (Fsp3) is 0.364. The number of halogens is 1. The van der Waals surface area contributed by atoms with Gasteiger partial charge in [-0.05, 0) is 48.9 Å². The van der Waals surface area contributed by atoms with E-state index in [2.05, 4.69) is 10.2 Å². The largest absolute Gasteiger partial charge is 0.497 e. The molecule has 0 aromatic heterocycles. The third-order valence-electron chi connectivity index (χ3n) is 5.97. The Balaban J connectivity index is 1.41. The first-order valence-corrected chi connectivity index (χ1v) is 10.0. The Kier molecular flexibility index (Phi) is 5.34. The Morgan fingerprint density at radius 2 is 1.83 bits per heavy atom. The molecule has 4 rings (SSSR count). The maximum absolute atomic E-state index is 13.2. The van der Waals surface area contributed by atoms with Crippen molar-refractivity contribution in [2.24, 2.45) is 0 Å². The maximum Gasteiger partial charge on any atom is 0.329 e. The number of rotatable bonds is 5. The molecule has 158 valence electrons. The fourth-order valence-electron chi connectivity index (χ4n) is 4.09. The van der Waals surface area contributed by atoms with Crippen molar-refractivity contribution >= 4 is 17.6 Å². The molecule has 30 heavy (non-hydrogen) atoms. The van der Waals surface area contributed by atoms with Crippen LogP contribution in [0.4, 0.5) is 14.9 Å². The SMILES string of the molecule is COc1cccc([C@@]2(C)NC(=O)N(C[NH+]3CCN(c4ccc(F)cc4)CC3)C2=O)c1. The number of ether oxygens (including phenoxy) is 1. The highest BCUT2D eigenvalue weighted by Crippen LogP contribution is 2.30. The number of amides is 3. The summed E-state index contributed by atoms with van der Waals surface area (Å²) in [7, 11) is 1.57. The number of quaternary nitrogens is 1. The number of hydrogen-bond acceptors (Lipinski definition) is 4. The number of urea groups is 1. The summed E-state index contributed by atoms with van der Waals surface area (Å²) >= 11 is 0. The van der Waals surface area contributed by atoms with E-state index in [0.29, 0.717) is 18.0 Å². The molecule has 1 atom stereocenters. The number of piperazine rings is 1. The van der Waals surface area contributed by atoms with E-state index >= 15 is 0 Å². The summed E-state index contributed by atoms with van der Waals surface area (Å²) in [6.45, 7) is 5.16. The quantitative estimate of drug-likeness (QED) is 0.717. The molecule has 0 aliphatic carbocycles. The summed E-state index contributed by atoms with van der Waals surface area (Å²) in [6.07, 6.45) is 0. The van der Waals surface area contributed by atoms with Crippen LogP contribution >= 0.6 is 0 Å². The van der Waals surface area contributed by atoms with Gasteiger partial charge in [-0.15, -0.1) is 0 Å². The smallest absolute Gasteiger partial charge is 0.329 e. The fourth-order valence-corrected chi connectivity index (χ4v) is 4.09. The Hall–Kier alpha value is -3.13. The minimum absolute atomic E-state index is 0.249. The molecule has 0 radical (unpaired) electrons. The second-order valence-electron chi connectivity index (χ2n) is 7.89. The van der Waals surface area contributed by atoms with Crippen LogP contribution in [-0.4, -0.2) is 56.8 Å². The first-order valence-electron chi connectivity index (χ1n) is 10.0. The van der Waals surface area contributed by atoms with E-state index in [-0.39, 0.29) is 17.8 Å². The molecule has 2 saturated heterocycles. The third-order valence-corrected chi connectivity index (χ3v) is 5.97. The number of carbonyl (C=O) groups is 2. The van der Waals surface area contributed by atoms with Gasteiger partial charge >= 0.3 is 6.03 Å². The zero-order valence-corrected chi connectivity index (χ0v) is 17.2. The van der Waals surface area contributed by atoms with Crippen LogP contribution in [0.3, 0.4) is 0 Å². The summed E-state index contributed by atoms with van der Waals surface area (Å²) in [5.74, 6) is 0.131. The maximum atomic E-state index is 13.2. The van der Waals surface area contributed by atoms with Crippen LogP contribution in [0.2, 0.25) is 0 Å². The first-order chi connectivity index (χ1) is 14.4. The minimum atomic E-state index is -1.11. The van der Waals surface area contributed by atoms with Crippen LogP contribution in [0.5, 0.6) is 5.75 Å². The van der Waals surface area contributed by atoms with Crippen LogP contribution in [0.15, 0.2) is 48.5 Å². The highest BCUT2D eigenvalue weighted by Gasteiger charge is 2.50. The van der Waals surface area contributed by atoms with Crippen molar-refractivity contribution < 1.29 is 23.6 Å². The van der Waals surface area contributed by atoms with Gasteiger partial charge in [0.25, 0.3) is 5.91 Å². The zero-order chi connectivity index (χ0) is 21.3. The third kappa shape index (κ3) is 3.70. The van der Waals surface area contributed by atoms with Gasteiger partial charge < -0.3 is 19.9 Å². The van der Waals surface area contributed by atoms with Crippen LogP contribution in [-0.2, 0) is 10.3 Å². The zero-order valence-electron chi connectivity index (χ0n) is 17.2. The predicted octanol–water partition coefficient (Wildman–Crippen LogP) is 0.964. The molecule has 2 N–H and O–H groups in total. The van der Waals surface area contributed by atoms with Crippen molar-refractivity contribution in [1.82, 2.24) is 10.2 Å². The Morgan fingerprint density at radius 3 is 2.50 bits per heavy atom. The number of nitrogens with one attached hydrogen (secondary N) is 2. The van der Waals surface area contributed by atoms with E-state index < -0.39 is 5.54 Å². The van der Waals surface area contributed by atoms with E-state index in [1.54, 1.807) is 44.4 Å². The molecular formula is C22H26FN4O3+. The van der Waals surface area contributed by atoms with Gasteiger partial charge in [0.2, 0.25) is 0 Å². The lowest BCUT2D eigenvalue weighted by molar-refractivity contribution is -0.907. The van der Waals surface area contributed by atoms with E-state index in [0.717, 1.165) is 36.8 Å². The lowest BCUT2D eigenvalue weighted by atomic mass is 9.92. The standard InChI is InChI=1S/C22H25FN4O3/c1-22(16-4-3-5-19(14-16)30-2)20(28)27(21(29)24-22)15-25-10-12-26(13-11-25)18-8-6-17(23)7-9-18/h3-9,14H,10-13,15H2,1-2H3,(H,24,29)/p+1/t22-/m1/s1. The molecule has 3 amide bonds. The van der Waals surface area contributed by atoms with Gasteiger partial charge in [-0.1, -0.05) is 12.1 Å². The van der Waals surface area contributed by atoms with Gasteiger partial charge in [0.1, 0.15) is 17.1 Å². The van der Waals surface area contributed by atoms with E-state index in [1.807, 2.05) is 6.07 Å². The minimum Gasteiger partial charge on any atom is -0.497 e. The second-order valence-corrected chi connectivity index (χ2v) is 7.89. The molecule has 8 heteroatoms. The van der Waals surface area contributed by atoms with Crippen molar-refractivity contribution in [3.05, 3.63) is 59.9 Å². The van der Waals surface area contributed by atoms with Gasteiger partial charge in [-0.2, -0.15) is 0 Å². The summed E-state index contributed by atoms with van der Waals surface area (Å²) in [6, 6.07) is 13.3. The molecule has 2 aliphatic rings. The molecular weight excluding hydrogens is 387 g/mol. The molecule has 7 nitrogen and oxygen atoms in total. The molecule has 0 spiro atoms. The Labute approximate surface area is 175 Å². The predicted molar refractivity (Wildman–Crippen MR) is 110 cm³/mol. The number of methoxy groups -OCH3 is 1. The number of hydrogen-bond donors (Lipinski definition) is 2. The Bertz CT molecular complexity index is 944. The molecule has 0 bridgehead atoms. The molecule has 2 aromatic carbocycles. The van der Waals surface area contributed by atoms with Gasteiger partial charge in [-0.3, -0.25) is 4.79 Å². The number of anilines is 1. The van der Waals surface area contributed by atoms with Crippen molar-refractivity contribution in [3.8, 4) is 5.75 Å². The molecule has 0 saturated carbocycles. The normalized spacial score (nSPS) is 22.4. The van der Waals surface area contributed by atoms with Crippen molar-refractivity contribution in [3.63, 3.8) is 0 Å². The summed E-state index contributed by atoms with van der Waals surface area (Å²) in [5.41, 5.74) is 0.566. The number of imide groups is 1. The lowest BCUT2D eigenvalue weighted by Gasteiger charge is -2.34. The molecule has 2 aliphatic heterocycles. The first kappa shape index (κ1) is 20.2. The molecule has 2 heterocycles. The summed E-state index contributed by atoms with van der Waals surface area (Å²) in [4.78, 5) is 30.5. The van der Waals surface area contributed by atoms with E-state index in [9.17, 15) is 14.0 Å². The van der Waals surface area contributed by atoms with Crippen LogP contribution in [0, 0.1) is 5.82 Å². The van der Waals surface area contributed by atoms with Crippen molar-refractivity contribution in [2.75, 3.05) is 44.9 Å². The van der Waals surface area contributed by atoms with Crippen molar-refractivity contribution in [2.45, 2.75) is 12.5 Å². The van der Waals surface area contributed by atoms with Crippen LogP contribution in [0.1, 0.15) is 12.5 Å². The van der Waals surface area contributed by atoms with Gasteiger partial charge in [0, 0.05) is 5.69 Å². The molecule has 2 fully saturated rings. The van der Waals surface area contributed by atoms with Gasteiger partial charge in [-0.25, -0.2) is 14.1 Å². The lowest BCUT2D eigenvalue weighted by Crippen LogP contribution is -3.16. The van der Waals surface area contributed by atoms with Crippen LogP contribution < -0.4 is 19.9 Å². The highest BCUT2D eigenvalue weighted by molar-refractivity contribution is 6.07. The number of carbonyl (C=O) groups excluding carboxylic acids is 2. The Morgan fingerprint density at radius 1 is 1.13 bits per heavy atom. The summed E-state index contributed by atoms with van der Waals surface area (Å²) in [5, 5.41) is 2.85.